The monoisotopic (exact) mass is 337 g/mol. The Bertz CT molecular complexity index is 899. The van der Waals surface area contributed by atoms with Crippen LogP contribution in [0.1, 0.15) is 13.3 Å². The highest BCUT2D eigenvalue weighted by Crippen LogP contribution is 2.33. The van der Waals surface area contributed by atoms with Gasteiger partial charge in [-0.25, -0.2) is 0 Å². The largest absolute Gasteiger partial charge is 0.481 e. The maximum absolute atomic E-state index is 12.3. The molecule has 2 aromatic carbocycles. The summed E-state index contributed by atoms with van der Waals surface area (Å²) in [5.41, 5.74) is 2.07. The molecule has 1 amide bonds. The number of fused-ring (bicyclic) bond motifs is 1. The molecular weight excluding hydrogens is 314 g/mol. The number of hydrogen-bond acceptors (Lipinski definition) is 3. The third kappa shape index (κ3) is 3.50. The fourth-order valence-electron chi connectivity index (χ4n) is 2.91. The van der Waals surface area contributed by atoms with Crippen molar-refractivity contribution in [3.05, 3.63) is 48.8 Å². The Balaban J connectivity index is 2.06. The maximum Gasteiger partial charge on any atom is 0.263 e. The summed E-state index contributed by atoms with van der Waals surface area (Å²) in [4.78, 5) is 13.9. The van der Waals surface area contributed by atoms with Crippen molar-refractivity contribution in [1.82, 2.24) is 14.7 Å². The standard InChI is InChI=1S/C20H23N3O2/c1-5-19(20(24)22(2)3)25-16-10-14-8-6-7-9-17(14)18(11-16)15-12-21-23(4)13-15/h6-13,19H,5H2,1-4H3. The van der Waals surface area contributed by atoms with Crippen LogP contribution in [-0.4, -0.2) is 40.8 Å². The minimum absolute atomic E-state index is 0.0291. The van der Waals surface area contributed by atoms with Crippen LogP contribution in [0, 0.1) is 0 Å². The molecule has 5 nitrogen and oxygen atoms in total. The van der Waals surface area contributed by atoms with Crippen molar-refractivity contribution in [2.45, 2.75) is 19.4 Å². The number of aromatic nitrogens is 2. The van der Waals surface area contributed by atoms with Crippen LogP contribution in [0.5, 0.6) is 5.75 Å². The van der Waals surface area contributed by atoms with E-state index >= 15 is 0 Å². The van der Waals surface area contributed by atoms with Crippen molar-refractivity contribution in [1.29, 1.82) is 0 Å². The molecule has 0 saturated heterocycles. The first-order chi connectivity index (χ1) is 12.0. The van der Waals surface area contributed by atoms with Gasteiger partial charge in [-0.2, -0.15) is 5.10 Å². The van der Waals surface area contributed by atoms with E-state index < -0.39 is 6.10 Å². The average molecular weight is 337 g/mol. The summed E-state index contributed by atoms with van der Waals surface area (Å²) in [5, 5.41) is 6.48. The van der Waals surface area contributed by atoms with Crippen LogP contribution in [0.15, 0.2) is 48.8 Å². The van der Waals surface area contributed by atoms with Crippen LogP contribution in [0.3, 0.4) is 0 Å². The van der Waals surface area contributed by atoms with Crippen LogP contribution < -0.4 is 4.74 Å². The number of carbonyl (C=O) groups is 1. The Morgan fingerprint density at radius 3 is 2.68 bits per heavy atom. The molecule has 0 aliphatic carbocycles. The molecule has 0 aliphatic heterocycles. The number of amides is 1. The van der Waals surface area contributed by atoms with Gasteiger partial charge in [0, 0.05) is 32.9 Å². The van der Waals surface area contributed by atoms with Crippen molar-refractivity contribution in [3.8, 4) is 16.9 Å². The van der Waals surface area contributed by atoms with Crippen LogP contribution in [0.2, 0.25) is 0 Å². The van der Waals surface area contributed by atoms with Crippen molar-refractivity contribution in [3.63, 3.8) is 0 Å². The summed E-state index contributed by atoms with van der Waals surface area (Å²) in [7, 11) is 5.39. The Hall–Kier alpha value is -2.82. The number of rotatable bonds is 5. The molecule has 0 fully saturated rings. The third-order valence-corrected chi connectivity index (χ3v) is 4.22. The minimum atomic E-state index is -0.488. The van der Waals surface area contributed by atoms with Crippen molar-refractivity contribution >= 4 is 16.7 Å². The lowest BCUT2D eigenvalue weighted by molar-refractivity contribution is -0.136. The quantitative estimate of drug-likeness (QED) is 0.716. The number of aryl methyl sites for hydroxylation is 1. The average Bonchev–Trinajstić information content (AvgIpc) is 3.04. The van der Waals surface area contributed by atoms with Gasteiger partial charge in [-0.15, -0.1) is 0 Å². The van der Waals surface area contributed by atoms with Crippen LogP contribution in [0.4, 0.5) is 0 Å². The van der Waals surface area contributed by atoms with Crippen LogP contribution in [-0.2, 0) is 11.8 Å². The molecule has 1 heterocycles. The van der Waals surface area contributed by atoms with Crippen molar-refractivity contribution in [2.75, 3.05) is 14.1 Å². The normalized spacial score (nSPS) is 12.2. The number of ether oxygens (including phenoxy) is 1. The summed E-state index contributed by atoms with van der Waals surface area (Å²) in [5.74, 6) is 0.665. The van der Waals surface area contributed by atoms with Crippen LogP contribution in [0.25, 0.3) is 21.9 Å². The molecule has 1 aromatic heterocycles. The molecule has 130 valence electrons. The summed E-state index contributed by atoms with van der Waals surface area (Å²) >= 11 is 0. The Morgan fingerprint density at radius 2 is 2.04 bits per heavy atom. The van der Waals surface area contributed by atoms with E-state index in [4.69, 9.17) is 4.74 Å². The van der Waals surface area contributed by atoms with Gasteiger partial charge in [-0.3, -0.25) is 9.48 Å². The molecule has 3 rings (SSSR count). The van der Waals surface area contributed by atoms with E-state index in [0.717, 1.165) is 21.9 Å². The molecule has 5 heteroatoms. The van der Waals surface area contributed by atoms with Gasteiger partial charge >= 0.3 is 0 Å². The van der Waals surface area contributed by atoms with E-state index in [0.29, 0.717) is 12.2 Å². The molecule has 25 heavy (non-hydrogen) atoms. The smallest absolute Gasteiger partial charge is 0.263 e. The van der Waals surface area contributed by atoms with Crippen LogP contribution >= 0.6 is 0 Å². The number of benzene rings is 2. The second-order valence-electron chi connectivity index (χ2n) is 6.34. The van der Waals surface area contributed by atoms with Gasteiger partial charge in [-0.05, 0) is 34.9 Å². The lowest BCUT2D eigenvalue weighted by Gasteiger charge is -2.21. The van der Waals surface area contributed by atoms with Gasteiger partial charge < -0.3 is 9.64 Å². The second kappa shape index (κ2) is 6.97. The Kier molecular flexibility index (Phi) is 4.74. The zero-order valence-corrected chi connectivity index (χ0v) is 15.1. The number of hydrogen-bond donors (Lipinski definition) is 0. The van der Waals surface area contributed by atoms with Crippen molar-refractivity contribution < 1.29 is 9.53 Å². The molecule has 0 saturated carbocycles. The van der Waals surface area contributed by atoms with E-state index in [9.17, 15) is 4.79 Å². The minimum Gasteiger partial charge on any atom is -0.481 e. The highest BCUT2D eigenvalue weighted by molar-refractivity contribution is 5.97. The lowest BCUT2D eigenvalue weighted by Crippen LogP contribution is -2.37. The first-order valence-electron chi connectivity index (χ1n) is 8.39. The van der Waals surface area contributed by atoms with E-state index in [1.54, 1.807) is 23.7 Å². The molecule has 0 spiro atoms. The fraction of sp³-hybridized carbons (Fsp3) is 0.300. The number of nitrogens with zero attached hydrogens (tertiary/aromatic N) is 3. The molecule has 1 unspecified atom stereocenters. The molecule has 0 N–H and O–H groups in total. The zero-order chi connectivity index (χ0) is 18.0. The first-order valence-corrected chi connectivity index (χ1v) is 8.39. The fourth-order valence-corrected chi connectivity index (χ4v) is 2.91. The van der Waals surface area contributed by atoms with Crippen molar-refractivity contribution in [2.24, 2.45) is 7.05 Å². The van der Waals surface area contributed by atoms with E-state index in [-0.39, 0.29) is 5.91 Å². The first kappa shape index (κ1) is 17.0. The van der Waals surface area contributed by atoms with Gasteiger partial charge in [0.15, 0.2) is 6.10 Å². The van der Waals surface area contributed by atoms with Gasteiger partial charge in [-0.1, -0.05) is 31.2 Å². The lowest BCUT2D eigenvalue weighted by atomic mass is 10.00. The molecule has 1 atom stereocenters. The predicted molar refractivity (Wildman–Crippen MR) is 99.6 cm³/mol. The van der Waals surface area contributed by atoms with Gasteiger partial charge in [0.25, 0.3) is 5.91 Å². The molecular formula is C20H23N3O2. The Labute approximate surface area is 147 Å². The van der Waals surface area contributed by atoms with Gasteiger partial charge in [0.1, 0.15) is 5.75 Å². The van der Waals surface area contributed by atoms with Gasteiger partial charge in [0.2, 0.25) is 0 Å². The molecule has 0 radical (unpaired) electrons. The summed E-state index contributed by atoms with van der Waals surface area (Å²) in [6.07, 6.45) is 3.95. The summed E-state index contributed by atoms with van der Waals surface area (Å²) < 4.78 is 7.83. The topological polar surface area (TPSA) is 47.4 Å². The van der Waals surface area contributed by atoms with E-state index in [1.165, 1.54) is 0 Å². The highest BCUT2D eigenvalue weighted by Gasteiger charge is 2.21. The molecule has 3 aromatic rings. The number of likely N-dealkylation sites (N-methyl/N-ethyl adjacent to an activating group) is 1. The molecule has 0 aliphatic rings. The summed E-state index contributed by atoms with van der Waals surface area (Å²) in [6.45, 7) is 1.95. The predicted octanol–water partition coefficient (Wildman–Crippen LogP) is 3.49. The third-order valence-electron chi connectivity index (χ3n) is 4.22. The zero-order valence-electron chi connectivity index (χ0n) is 15.1. The highest BCUT2D eigenvalue weighted by atomic mass is 16.5. The maximum atomic E-state index is 12.3. The molecule has 0 bridgehead atoms. The van der Waals surface area contributed by atoms with E-state index in [1.807, 2.05) is 50.6 Å². The number of carbonyl (C=O) groups excluding carboxylic acids is 1. The van der Waals surface area contributed by atoms with E-state index in [2.05, 4.69) is 17.2 Å². The Morgan fingerprint density at radius 1 is 1.28 bits per heavy atom. The second-order valence-corrected chi connectivity index (χ2v) is 6.34. The van der Waals surface area contributed by atoms with Gasteiger partial charge in [0.05, 0.1) is 6.20 Å². The summed E-state index contributed by atoms with van der Waals surface area (Å²) in [6, 6.07) is 12.1. The SMILES string of the molecule is CCC(Oc1cc(-c2cnn(C)c2)c2ccccc2c1)C(=O)N(C)C.